The minimum atomic E-state index is -0.218. The number of thioether (sulfide) groups is 1. The summed E-state index contributed by atoms with van der Waals surface area (Å²) < 4.78 is 5.32. The van der Waals surface area contributed by atoms with Crippen LogP contribution in [0, 0.1) is 0 Å². The van der Waals surface area contributed by atoms with Gasteiger partial charge in [-0.3, -0.25) is 9.89 Å². The summed E-state index contributed by atoms with van der Waals surface area (Å²) in [6.07, 6.45) is 4.18. The van der Waals surface area contributed by atoms with E-state index >= 15 is 0 Å². The third kappa shape index (κ3) is 5.30. The van der Waals surface area contributed by atoms with Gasteiger partial charge in [-0.2, -0.15) is 0 Å². The number of amidine groups is 1. The number of hydrogen-bond acceptors (Lipinski definition) is 5. The number of nitrogens with zero attached hydrogens (tertiary/aromatic N) is 3. The van der Waals surface area contributed by atoms with Crippen molar-refractivity contribution in [3.63, 3.8) is 0 Å². The standard InChI is InChI=1S/C17H20Cl2N4O2S/c18-14-3-2-13(12-15(14)19)21-16(24)23-6-4-20-17(23)26-11-1-5-22-7-9-25-10-8-22/h1-3,5,12H,4,6-11H2,(H,21,24)/b5-1+. The zero-order valence-electron chi connectivity index (χ0n) is 14.2. The van der Waals surface area contributed by atoms with Gasteiger partial charge < -0.3 is 15.0 Å². The van der Waals surface area contributed by atoms with Crippen LogP contribution in [-0.2, 0) is 4.74 Å². The number of anilines is 1. The Hall–Kier alpha value is -1.41. The quantitative estimate of drug-likeness (QED) is 0.814. The van der Waals surface area contributed by atoms with Crippen LogP contribution in [0.15, 0.2) is 35.5 Å². The highest BCUT2D eigenvalue weighted by atomic mass is 35.5. The second-order valence-electron chi connectivity index (χ2n) is 5.72. The fourth-order valence-corrected chi connectivity index (χ4v) is 3.69. The lowest BCUT2D eigenvalue weighted by Gasteiger charge is -2.25. The van der Waals surface area contributed by atoms with E-state index in [1.165, 1.54) is 0 Å². The minimum Gasteiger partial charge on any atom is -0.378 e. The Morgan fingerprint density at radius 2 is 2.08 bits per heavy atom. The Balaban J connectivity index is 1.49. The second kappa shape index (κ2) is 9.50. The first-order valence-electron chi connectivity index (χ1n) is 8.33. The molecule has 2 aliphatic rings. The topological polar surface area (TPSA) is 57.2 Å². The molecule has 3 rings (SSSR count). The first-order valence-corrected chi connectivity index (χ1v) is 10.1. The van der Waals surface area contributed by atoms with Gasteiger partial charge in [0.2, 0.25) is 0 Å². The van der Waals surface area contributed by atoms with Gasteiger partial charge >= 0.3 is 6.03 Å². The first kappa shape index (κ1) is 19.4. The van der Waals surface area contributed by atoms with E-state index in [0.717, 1.165) is 37.2 Å². The molecule has 0 saturated carbocycles. The maximum Gasteiger partial charge on any atom is 0.327 e. The highest BCUT2D eigenvalue weighted by molar-refractivity contribution is 8.13. The largest absolute Gasteiger partial charge is 0.378 e. The van der Waals surface area contributed by atoms with Gasteiger partial charge in [-0.25, -0.2) is 4.79 Å². The highest BCUT2D eigenvalue weighted by Gasteiger charge is 2.24. The van der Waals surface area contributed by atoms with E-state index in [9.17, 15) is 4.79 Å². The molecular formula is C17H20Cl2N4O2S. The summed E-state index contributed by atoms with van der Waals surface area (Å²) in [5.41, 5.74) is 0.605. The second-order valence-corrected chi connectivity index (χ2v) is 7.52. The summed E-state index contributed by atoms with van der Waals surface area (Å²) in [7, 11) is 0. The van der Waals surface area contributed by atoms with Gasteiger partial charge in [0.1, 0.15) is 0 Å². The molecule has 0 unspecified atom stereocenters. The van der Waals surface area contributed by atoms with Crippen molar-refractivity contribution in [2.24, 2.45) is 4.99 Å². The predicted molar refractivity (Wildman–Crippen MR) is 108 cm³/mol. The SMILES string of the molecule is O=C(Nc1ccc(Cl)c(Cl)c1)N1CCN=C1SC/C=C/N1CCOCC1. The molecule has 140 valence electrons. The summed E-state index contributed by atoms with van der Waals surface area (Å²) in [5, 5.41) is 4.42. The van der Waals surface area contributed by atoms with E-state index in [1.54, 1.807) is 34.9 Å². The molecule has 1 fully saturated rings. The van der Waals surface area contributed by atoms with Gasteiger partial charge in [0, 0.05) is 31.1 Å². The molecule has 0 aromatic heterocycles. The average molecular weight is 415 g/mol. The minimum absolute atomic E-state index is 0.218. The summed E-state index contributed by atoms with van der Waals surface area (Å²) >= 11 is 13.4. The van der Waals surface area contributed by atoms with E-state index in [-0.39, 0.29) is 6.03 Å². The van der Waals surface area contributed by atoms with Crippen molar-refractivity contribution in [2.75, 3.05) is 50.5 Å². The van der Waals surface area contributed by atoms with Gasteiger partial charge in [0.05, 0.1) is 29.8 Å². The normalized spacial score (nSPS) is 17.7. The van der Waals surface area contributed by atoms with Crippen LogP contribution in [0.5, 0.6) is 0 Å². The number of amides is 2. The van der Waals surface area contributed by atoms with Gasteiger partial charge in [0.25, 0.3) is 0 Å². The Morgan fingerprint density at radius 3 is 2.85 bits per heavy atom. The van der Waals surface area contributed by atoms with Crippen molar-refractivity contribution in [2.45, 2.75) is 0 Å². The molecule has 6 nitrogen and oxygen atoms in total. The van der Waals surface area contributed by atoms with Gasteiger partial charge in [-0.1, -0.05) is 41.0 Å². The summed E-state index contributed by atoms with van der Waals surface area (Å²) in [4.78, 5) is 20.8. The van der Waals surface area contributed by atoms with Gasteiger partial charge in [-0.05, 0) is 24.4 Å². The van der Waals surface area contributed by atoms with E-state index < -0.39 is 0 Å². The molecule has 1 aromatic carbocycles. The Kier molecular flexibility index (Phi) is 7.07. The van der Waals surface area contributed by atoms with E-state index in [4.69, 9.17) is 27.9 Å². The van der Waals surface area contributed by atoms with Crippen molar-refractivity contribution >= 4 is 51.8 Å². The van der Waals surface area contributed by atoms with Crippen LogP contribution in [0.3, 0.4) is 0 Å². The Bertz CT molecular complexity index is 708. The fraction of sp³-hybridized carbons (Fsp3) is 0.412. The maximum absolute atomic E-state index is 12.5. The van der Waals surface area contributed by atoms with Crippen molar-refractivity contribution in [1.29, 1.82) is 0 Å². The lowest BCUT2D eigenvalue weighted by molar-refractivity contribution is 0.0593. The average Bonchev–Trinajstić information content (AvgIpc) is 3.11. The number of carbonyl (C=O) groups is 1. The number of halogens is 2. The molecular weight excluding hydrogens is 395 g/mol. The number of hydrogen-bond donors (Lipinski definition) is 1. The number of benzene rings is 1. The molecule has 1 aromatic rings. The molecule has 2 amide bonds. The van der Waals surface area contributed by atoms with Gasteiger partial charge in [0.15, 0.2) is 5.17 Å². The number of rotatable bonds is 4. The molecule has 0 bridgehead atoms. The van der Waals surface area contributed by atoms with Crippen LogP contribution in [0.2, 0.25) is 10.0 Å². The lowest BCUT2D eigenvalue weighted by atomic mass is 10.3. The van der Waals surface area contributed by atoms with Crippen molar-refractivity contribution in [3.8, 4) is 0 Å². The van der Waals surface area contributed by atoms with Crippen LogP contribution in [0.25, 0.3) is 0 Å². The van der Waals surface area contributed by atoms with Crippen LogP contribution >= 0.6 is 35.0 Å². The Labute approximate surface area is 167 Å². The van der Waals surface area contributed by atoms with E-state index in [2.05, 4.69) is 27.5 Å². The lowest BCUT2D eigenvalue weighted by Crippen LogP contribution is -2.36. The zero-order valence-corrected chi connectivity index (χ0v) is 16.5. The number of nitrogens with one attached hydrogen (secondary N) is 1. The van der Waals surface area contributed by atoms with Crippen LogP contribution in [0.1, 0.15) is 0 Å². The number of urea groups is 1. The highest BCUT2D eigenvalue weighted by Crippen LogP contribution is 2.25. The summed E-state index contributed by atoms with van der Waals surface area (Å²) in [6, 6.07) is 4.79. The van der Waals surface area contributed by atoms with E-state index in [0.29, 0.717) is 28.8 Å². The fourth-order valence-electron chi connectivity index (χ4n) is 2.54. The number of aliphatic imine (C=N–C) groups is 1. The summed E-state index contributed by atoms with van der Waals surface area (Å²) in [6.45, 7) is 4.56. The summed E-state index contributed by atoms with van der Waals surface area (Å²) in [5.74, 6) is 0.757. The number of morpholine rings is 1. The molecule has 0 atom stereocenters. The Morgan fingerprint density at radius 1 is 1.27 bits per heavy atom. The molecule has 26 heavy (non-hydrogen) atoms. The molecule has 9 heteroatoms. The van der Waals surface area contributed by atoms with Crippen molar-refractivity contribution in [1.82, 2.24) is 9.80 Å². The van der Waals surface area contributed by atoms with Crippen LogP contribution in [0.4, 0.5) is 10.5 Å². The zero-order chi connectivity index (χ0) is 18.4. The molecule has 0 radical (unpaired) electrons. The molecule has 0 aliphatic carbocycles. The van der Waals surface area contributed by atoms with E-state index in [1.807, 2.05) is 0 Å². The van der Waals surface area contributed by atoms with Crippen LogP contribution < -0.4 is 5.32 Å². The van der Waals surface area contributed by atoms with Crippen molar-refractivity contribution in [3.05, 3.63) is 40.5 Å². The molecule has 0 spiro atoms. The smallest absolute Gasteiger partial charge is 0.327 e. The van der Waals surface area contributed by atoms with Gasteiger partial charge in [-0.15, -0.1) is 0 Å². The number of carbonyl (C=O) groups excluding carboxylic acids is 1. The molecule has 2 aliphatic heterocycles. The third-order valence-corrected chi connectivity index (χ3v) is 5.59. The predicted octanol–water partition coefficient (Wildman–Crippen LogP) is 3.78. The molecule has 1 saturated heterocycles. The molecule has 1 N–H and O–H groups in total. The van der Waals surface area contributed by atoms with Crippen molar-refractivity contribution < 1.29 is 9.53 Å². The maximum atomic E-state index is 12.5. The number of ether oxygens (including phenoxy) is 1. The van der Waals surface area contributed by atoms with Crippen LogP contribution in [-0.4, -0.2) is 66.1 Å². The molecule has 2 heterocycles. The third-order valence-electron chi connectivity index (χ3n) is 3.89. The monoisotopic (exact) mass is 414 g/mol. The first-order chi connectivity index (χ1) is 12.6.